The van der Waals surface area contributed by atoms with Crippen LogP contribution in [-0.4, -0.2) is 25.5 Å². The number of nitrogens with zero attached hydrogens (tertiary/aromatic N) is 1. The number of rotatable bonds is 8. The van der Waals surface area contributed by atoms with Gasteiger partial charge in [0.25, 0.3) is 0 Å². The molecular formula is C15H26N2O2S. The minimum Gasteiger partial charge on any atom is -0.486 e. The van der Waals surface area contributed by atoms with E-state index in [-0.39, 0.29) is 11.9 Å². The Morgan fingerprint density at radius 1 is 1.40 bits per heavy atom. The molecule has 0 saturated carbocycles. The van der Waals surface area contributed by atoms with Crippen LogP contribution in [0.4, 0.5) is 10.7 Å². The second kappa shape index (κ2) is 7.53. The molecule has 1 heterocycles. The van der Waals surface area contributed by atoms with Crippen LogP contribution in [-0.2, 0) is 0 Å². The van der Waals surface area contributed by atoms with Crippen molar-refractivity contribution in [3.05, 3.63) is 4.88 Å². The molecule has 2 N–H and O–H groups in total. The van der Waals surface area contributed by atoms with Gasteiger partial charge in [-0.25, -0.2) is 0 Å². The number of carbonyl (C=O) groups is 1. The summed E-state index contributed by atoms with van der Waals surface area (Å²) in [6.07, 6.45) is 2.73. The highest BCUT2D eigenvalue weighted by Gasteiger charge is 2.24. The van der Waals surface area contributed by atoms with Crippen LogP contribution in [0.15, 0.2) is 0 Å². The van der Waals surface area contributed by atoms with E-state index >= 15 is 0 Å². The number of thiophene rings is 1. The molecule has 0 saturated heterocycles. The molecule has 0 radical (unpaired) electrons. The van der Waals surface area contributed by atoms with Gasteiger partial charge in [-0.3, -0.25) is 4.79 Å². The van der Waals surface area contributed by atoms with Crippen LogP contribution in [0.1, 0.15) is 56.6 Å². The van der Waals surface area contributed by atoms with Gasteiger partial charge in [0.05, 0.1) is 16.7 Å². The molecule has 114 valence electrons. The Kier molecular flexibility index (Phi) is 6.33. The maximum atomic E-state index is 12.0. The summed E-state index contributed by atoms with van der Waals surface area (Å²) in [4.78, 5) is 14.7. The van der Waals surface area contributed by atoms with Crippen LogP contribution < -0.4 is 15.4 Å². The molecule has 0 aliphatic heterocycles. The third-order valence-electron chi connectivity index (χ3n) is 3.00. The summed E-state index contributed by atoms with van der Waals surface area (Å²) in [5, 5.41) is 0.960. The lowest BCUT2D eigenvalue weighted by atomic mass is 10.2. The Morgan fingerprint density at radius 3 is 2.55 bits per heavy atom. The number of carbonyl (C=O) groups excluding carboxylic acids is 1. The Bertz CT molecular complexity index is 455. The van der Waals surface area contributed by atoms with Gasteiger partial charge in [-0.15, -0.1) is 11.3 Å². The lowest BCUT2D eigenvalue weighted by Gasteiger charge is -2.20. The minimum absolute atomic E-state index is 0.0369. The van der Waals surface area contributed by atoms with E-state index < -0.39 is 0 Å². The van der Waals surface area contributed by atoms with Crippen LogP contribution >= 0.6 is 11.3 Å². The zero-order chi connectivity index (χ0) is 15.3. The van der Waals surface area contributed by atoms with Gasteiger partial charge in [-0.05, 0) is 20.3 Å². The molecule has 0 unspecified atom stereocenters. The predicted molar refractivity (Wildman–Crippen MR) is 87.3 cm³/mol. The Balaban J connectivity index is 3.15. The number of ketones is 1. The number of nitrogen functional groups attached to an aromatic ring is 1. The summed E-state index contributed by atoms with van der Waals surface area (Å²) in [6, 6.07) is 0. The van der Waals surface area contributed by atoms with E-state index in [9.17, 15) is 4.79 Å². The van der Waals surface area contributed by atoms with Crippen molar-refractivity contribution >= 4 is 27.8 Å². The number of Topliss-reactive ketones (excluding diaryl/α,β-unsaturated/α-hetero) is 1. The van der Waals surface area contributed by atoms with Crippen molar-refractivity contribution in [2.75, 3.05) is 24.2 Å². The molecule has 0 aromatic carbocycles. The zero-order valence-corrected chi connectivity index (χ0v) is 14.0. The van der Waals surface area contributed by atoms with E-state index in [0.717, 1.165) is 24.4 Å². The first-order chi connectivity index (χ1) is 9.42. The van der Waals surface area contributed by atoms with Gasteiger partial charge < -0.3 is 15.4 Å². The Labute approximate surface area is 125 Å². The van der Waals surface area contributed by atoms with E-state index in [2.05, 4.69) is 11.8 Å². The topological polar surface area (TPSA) is 55.6 Å². The molecule has 1 rings (SSSR count). The number of anilines is 2. The first-order valence-electron chi connectivity index (χ1n) is 7.25. The fraction of sp³-hybridized carbons (Fsp3) is 0.667. The van der Waals surface area contributed by atoms with Crippen molar-refractivity contribution in [3.8, 4) is 5.75 Å². The summed E-state index contributed by atoms with van der Waals surface area (Å²) >= 11 is 1.45. The average molecular weight is 298 g/mol. The van der Waals surface area contributed by atoms with Gasteiger partial charge in [-0.1, -0.05) is 20.3 Å². The fourth-order valence-electron chi connectivity index (χ4n) is 1.88. The lowest BCUT2D eigenvalue weighted by Crippen LogP contribution is -2.19. The van der Waals surface area contributed by atoms with Gasteiger partial charge in [0, 0.05) is 20.0 Å². The van der Waals surface area contributed by atoms with E-state index in [1.54, 1.807) is 0 Å². The summed E-state index contributed by atoms with van der Waals surface area (Å²) in [5.41, 5.74) is 6.63. The molecule has 0 aliphatic rings. The third-order valence-corrected chi connectivity index (χ3v) is 4.35. The first kappa shape index (κ1) is 16.8. The summed E-state index contributed by atoms with van der Waals surface area (Å²) in [5.74, 6) is 0.747. The number of ether oxygens (including phenoxy) is 1. The SMILES string of the molecule is CCCCN(C)c1sc(C(=O)CC)c(N)c1OC(C)C. The molecule has 0 fully saturated rings. The third kappa shape index (κ3) is 3.88. The Hall–Kier alpha value is -1.23. The molecule has 0 amide bonds. The molecule has 5 heteroatoms. The lowest BCUT2D eigenvalue weighted by molar-refractivity contribution is 0.0992. The van der Waals surface area contributed by atoms with E-state index in [4.69, 9.17) is 10.5 Å². The van der Waals surface area contributed by atoms with Gasteiger partial charge in [0.1, 0.15) is 5.00 Å². The highest BCUT2D eigenvalue weighted by molar-refractivity contribution is 7.19. The quantitative estimate of drug-likeness (QED) is 0.738. The molecule has 0 atom stereocenters. The van der Waals surface area contributed by atoms with Crippen LogP contribution in [0.25, 0.3) is 0 Å². The largest absolute Gasteiger partial charge is 0.486 e. The number of hydrogen-bond acceptors (Lipinski definition) is 5. The van der Waals surface area contributed by atoms with Crippen molar-refractivity contribution in [2.24, 2.45) is 0 Å². The highest BCUT2D eigenvalue weighted by Crippen LogP contribution is 2.45. The summed E-state index contributed by atoms with van der Waals surface area (Å²) in [7, 11) is 2.02. The average Bonchev–Trinajstić information content (AvgIpc) is 2.72. The van der Waals surface area contributed by atoms with Crippen molar-refractivity contribution in [2.45, 2.75) is 53.1 Å². The van der Waals surface area contributed by atoms with Crippen molar-refractivity contribution in [3.63, 3.8) is 0 Å². The van der Waals surface area contributed by atoms with Crippen LogP contribution in [0.3, 0.4) is 0 Å². The highest BCUT2D eigenvalue weighted by atomic mass is 32.1. The van der Waals surface area contributed by atoms with Crippen LogP contribution in [0.2, 0.25) is 0 Å². The van der Waals surface area contributed by atoms with Crippen LogP contribution in [0, 0.1) is 0 Å². The number of hydrogen-bond donors (Lipinski definition) is 1. The fourth-order valence-corrected chi connectivity index (χ4v) is 3.03. The van der Waals surface area contributed by atoms with Gasteiger partial charge in [-0.2, -0.15) is 0 Å². The zero-order valence-electron chi connectivity index (χ0n) is 13.2. The van der Waals surface area contributed by atoms with Crippen molar-refractivity contribution in [1.29, 1.82) is 0 Å². The normalized spacial score (nSPS) is 10.9. The second-order valence-corrected chi connectivity index (χ2v) is 6.20. The minimum atomic E-state index is 0.0369. The molecule has 1 aromatic heterocycles. The molecule has 0 aliphatic carbocycles. The monoisotopic (exact) mass is 298 g/mol. The molecule has 4 nitrogen and oxygen atoms in total. The molecule has 0 bridgehead atoms. The van der Waals surface area contributed by atoms with Gasteiger partial charge in [0.2, 0.25) is 0 Å². The number of unbranched alkanes of at least 4 members (excludes halogenated alkanes) is 1. The molecule has 0 spiro atoms. The van der Waals surface area contributed by atoms with E-state index in [0.29, 0.717) is 22.7 Å². The second-order valence-electron chi connectivity index (χ2n) is 5.20. The van der Waals surface area contributed by atoms with Crippen molar-refractivity contribution in [1.82, 2.24) is 0 Å². The molecule has 1 aromatic rings. The standard InChI is InChI=1S/C15H26N2O2S/c1-6-8-9-17(5)15-13(19-10(3)4)12(16)14(20-15)11(18)7-2/h10H,6-9,16H2,1-5H3. The molecular weight excluding hydrogens is 272 g/mol. The predicted octanol–water partition coefficient (Wildman–Crippen LogP) is 3.95. The van der Waals surface area contributed by atoms with E-state index in [1.807, 2.05) is 27.8 Å². The smallest absolute Gasteiger partial charge is 0.177 e. The van der Waals surface area contributed by atoms with Crippen molar-refractivity contribution < 1.29 is 9.53 Å². The van der Waals surface area contributed by atoms with Crippen LogP contribution in [0.5, 0.6) is 5.75 Å². The summed E-state index contributed by atoms with van der Waals surface area (Å²) < 4.78 is 5.84. The summed E-state index contributed by atoms with van der Waals surface area (Å²) in [6.45, 7) is 8.88. The van der Waals surface area contributed by atoms with Gasteiger partial charge >= 0.3 is 0 Å². The van der Waals surface area contributed by atoms with Gasteiger partial charge in [0.15, 0.2) is 11.5 Å². The maximum Gasteiger partial charge on any atom is 0.177 e. The first-order valence-corrected chi connectivity index (χ1v) is 8.07. The number of nitrogens with two attached hydrogens (primary N) is 1. The maximum absolute atomic E-state index is 12.0. The van der Waals surface area contributed by atoms with E-state index in [1.165, 1.54) is 11.3 Å². The Morgan fingerprint density at radius 2 is 2.05 bits per heavy atom. The molecule has 20 heavy (non-hydrogen) atoms.